The summed E-state index contributed by atoms with van der Waals surface area (Å²) < 4.78 is 0. The summed E-state index contributed by atoms with van der Waals surface area (Å²) >= 11 is 11.7. The lowest BCUT2D eigenvalue weighted by atomic mass is 10.1. The van der Waals surface area contributed by atoms with Crippen LogP contribution in [0.25, 0.3) is 0 Å². The maximum Gasteiger partial charge on any atom is 0.295 e. The summed E-state index contributed by atoms with van der Waals surface area (Å²) in [7, 11) is 0. The molecule has 0 atom stereocenters. The standard InChI is InChI=1S/C14H6Cl2N4O5/c15-11-3-8(2-1-7(11)6-17)18-14(21)10-4-9(19(22)23)5-12(13(10)16)20(24)25/h1-5H,(H,18,21). The van der Waals surface area contributed by atoms with Crippen molar-refractivity contribution < 1.29 is 14.6 Å². The zero-order valence-corrected chi connectivity index (χ0v) is 13.5. The molecule has 0 unspecified atom stereocenters. The van der Waals surface area contributed by atoms with E-state index >= 15 is 0 Å². The normalized spacial score (nSPS) is 9.96. The second-order valence-corrected chi connectivity index (χ2v) is 5.39. The minimum absolute atomic E-state index is 0.0800. The third-order valence-corrected chi connectivity index (χ3v) is 3.75. The number of carbonyl (C=O) groups excluding carboxylic acids is 1. The molecular formula is C14H6Cl2N4O5. The first-order chi connectivity index (χ1) is 11.7. The smallest absolute Gasteiger partial charge is 0.295 e. The molecule has 25 heavy (non-hydrogen) atoms. The largest absolute Gasteiger partial charge is 0.322 e. The topological polar surface area (TPSA) is 139 Å². The van der Waals surface area contributed by atoms with Gasteiger partial charge >= 0.3 is 0 Å². The number of hydrogen-bond acceptors (Lipinski definition) is 6. The monoisotopic (exact) mass is 380 g/mol. The molecule has 0 aromatic heterocycles. The van der Waals surface area contributed by atoms with Gasteiger partial charge in [0, 0.05) is 11.8 Å². The highest BCUT2D eigenvalue weighted by molar-refractivity contribution is 6.36. The van der Waals surface area contributed by atoms with Crippen LogP contribution in [0, 0.1) is 31.6 Å². The minimum atomic E-state index is -0.926. The molecule has 126 valence electrons. The number of anilines is 1. The van der Waals surface area contributed by atoms with Crippen LogP contribution in [0.4, 0.5) is 17.1 Å². The molecule has 11 heteroatoms. The van der Waals surface area contributed by atoms with Gasteiger partial charge < -0.3 is 5.32 Å². The van der Waals surface area contributed by atoms with Crippen molar-refractivity contribution in [3.63, 3.8) is 0 Å². The average Bonchev–Trinajstić information content (AvgIpc) is 2.54. The zero-order chi connectivity index (χ0) is 18.7. The van der Waals surface area contributed by atoms with E-state index in [2.05, 4.69) is 5.32 Å². The Morgan fingerprint density at radius 1 is 1.12 bits per heavy atom. The third-order valence-electron chi connectivity index (χ3n) is 3.04. The number of amides is 1. The number of nitriles is 1. The second kappa shape index (κ2) is 7.12. The van der Waals surface area contributed by atoms with Gasteiger partial charge in [-0.1, -0.05) is 23.2 Å². The van der Waals surface area contributed by atoms with E-state index in [0.717, 1.165) is 6.07 Å². The highest BCUT2D eigenvalue weighted by Crippen LogP contribution is 2.33. The quantitative estimate of drug-likeness (QED) is 0.629. The lowest BCUT2D eigenvalue weighted by Crippen LogP contribution is -2.13. The first-order valence-corrected chi connectivity index (χ1v) is 7.13. The fourth-order valence-corrected chi connectivity index (χ4v) is 2.37. The van der Waals surface area contributed by atoms with Gasteiger partial charge in [-0.05, 0) is 18.2 Å². The van der Waals surface area contributed by atoms with Gasteiger partial charge in [0.1, 0.15) is 11.1 Å². The third kappa shape index (κ3) is 3.82. The molecule has 2 aromatic carbocycles. The molecule has 0 saturated heterocycles. The van der Waals surface area contributed by atoms with E-state index in [9.17, 15) is 25.0 Å². The number of nitro groups is 2. The molecule has 0 fully saturated rings. The van der Waals surface area contributed by atoms with Crippen LogP contribution in [0.2, 0.25) is 10.0 Å². The molecule has 2 rings (SSSR count). The van der Waals surface area contributed by atoms with Crippen LogP contribution in [0.15, 0.2) is 30.3 Å². The van der Waals surface area contributed by atoms with Crippen LogP contribution in [-0.2, 0) is 0 Å². The van der Waals surface area contributed by atoms with Crippen molar-refractivity contribution in [2.75, 3.05) is 5.32 Å². The molecule has 0 spiro atoms. The Hall–Kier alpha value is -3.22. The lowest BCUT2D eigenvalue weighted by molar-refractivity contribution is -0.394. The predicted molar refractivity (Wildman–Crippen MR) is 88.9 cm³/mol. The molecule has 0 radical (unpaired) electrons. The van der Waals surface area contributed by atoms with E-state index < -0.39 is 37.7 Å². The number of nitrogens with zero attached hydrogens (tertiary/aromatic N) is 3. The summed E-state index contributed by atoms with van der Waals surface area (Å²) in [6.45, 7) is 0. The van der Waals surface area contributed by atoms with Crippen molar-refractivity contribution in [2.24, 2.45) is 0 Å². The molecule has 0 aliphatic carbocycles. The molecule has 9 nitrogen and oxygen atoms in total. The van der Waals surface area contributed by atoms with Crippen LogP contribution in [0.1, 0.15) is 15.9 Å². The van der Waals surface area contributed by atoms with E-state index in [1.54, 1.807) is 0 Å². The average molecular weight is 381 g/mol. The van der Waals surface area contributed by atoms with Gasteiger partial charge in [-0.15, -0.1) is 0 Å². The van der Waals surface area contributed by atoms with Crippen molar-refractivity contribution in [1.82, 2.24) is 0 Å². The Morgan fingerprint density at radius 3 is 2.32 bits per heavy atom. The van der Waals surface area contributed by atoms with Crippen LogP contribution in [0.5, 0.6) is 0 Å². The molecule has 1 amide bonds. The van der Waals surface area contributed by atoms with Crippen LogP contribution >= 0.6 is 23.2 Å². The number of benzene rings is 2. The van der Waals surface area contributed by atoms with E-state index in [0.29, 0.717) is 6.07 Å². The van der Waals surface area contributed by atoms with E-state index in [4.69, 9.17) is 28.5 Å². The Balaban J connectivity index is 2.45. The van der Waals surface area contributed by atoms with Crippen LogP contribution in [-0.4, -0.2) is 15.8 Å². The summed E-state index contributed by atoms with van der Waals surface area (Å²) in [5, 5.41) is 32.6. The maximum absolute atomic E-state index is 12.3. The number of hydrogen-bond donors (Lipinski definition) is 1. The van der Waals surface area contributed by atoms with Gasteiger partial charge in [0.15, 0.2) is 0 Å². The van der Waals surface area contributed by atoms with Gasteiger partial charge in [-0.2, -0.15) is 5.26 Å². The first-order valence-electron chi connectivity index (χ1n) is 6.38. The zero-order valence-electron chi connectivity index (χ0n) is 12.0. The fraction of sp³-hybridized carbons (Fsp3) is 0. The number of nitrogens with one attached hydrogen (secondary N) is 1. The van der Waals surface area contributed by atoms with Gasteiger partial charge in [0.05, 0.1) is 32.1 Å². The summed E-state index contributed by atoms with van der Waals surface area (Å²) in [5.74, 6) is -0.905. The number of rotatable bonds is 4. The number of non-ortho nitro benzene ring substituents is 1. The highest BCUT2D eigenvalue weighted by atomic mass is 35.5. The molecule has 1 N–H and O–H groups in total. The molecule has 0 bridgehead atoms. The first kappa shape index (κ1) is 18.1. The second-order valence-electron chi connectivity index (χ2n) is 4.60. The summed E-state index contributed by atoms with van der Waals surface area (Å²) in [4.78, 5) is 32.4. The van der Waals surface area contributed by atoms with E-state index in [1.807, 2.05) is 6.07 Å². The van der Waals surface area contributed by atoms with Crippen molar-refractivity contribution in [3.05, 3.63) is 71.7 Å². The van der Waals surface area contributed by atoms with Crippen LogP contribution < -0.4 is 5.32 Å². The van der Waals surface area contributed by atoms with Gasteiger partial charge in [0.2, 0.25) is 0 Å². The number of carbonyl (C=O) groups is 1. The molecule has 0 heterocycles. The van der Waals surface area contributed by atoms with E-state index in [-0.39, 0.29) is 16.3 Å². The molecule has 0 saturated carbocycles. The highest BCUT2D eigenvalue weighted by Gasteiger charge is 2.26. The number of nitro benzene ring substituents is 2. The van der Waals surface area contributed by atoms with Crippen molar-refractivity contribution in [3.8, 4) is 6.07 Å². The van der Waals surface area contributed by atoms with Crippen LogP contribution in [0.3, 0.4) is 0 Å². The van der Waals surface area contributed by atoms with Crippen molar-refractivity contribution >= 4 is 46.2 Å². The van der Waals surface area contributed by atoms with Gasteiger partial charge in [-0.3, -0.25) is 25.0 Å². The summed E-state index contributed by atoms with van der Waals surface area (Å²) in [6.07, 6.45) is 0. The Bertz CT molecular complexity index is 955. The minimum Gasteiger partial charge on any atom is -0.322 e. The van der Waals surface area contributed by atoms with Gasteiger partial charge in [-0.25, -0.2) is 0 Å². The van der Waals surface area contributed by atoms with Crippen molar-refractivity contribution in [1.29, 1.82) is 5.26 Å². The molecule has 2 aromatic rings. The molecule has 0 aliphatic heterocycles. The molecular weight excluding hydrogens is 375 g/mol. The van der Waals surface area contributed by atoms with E-state index in [1.165, 1.54) is 18.2 Å². The SMILES string of the molecule is N#Cc1ccc(NC(=O)c2cc([N+](=O)[O-])cc([N+](=O)[O-])c2Cl)cc1Cl. The Morgan fingerprint density at radius 2 is 1.80 bits per heavy atom. The lowest BCUT2D eigenvalue weighted by Gasteiger charge is -2.08. The predicted octanol–water partition coefficient (Wildman–Crippen LogP) is 3.93. The number of halogens is 2. The summed E-state index contributed by atoms with van der Waals surface area (Å²) in [5.41, 5.74) is -1.50. The Labute approximate surface area is 149 Å². The Kier molecular flexibility index (Phi) is 5.17. The van der Waals surface area contributed by atoms with Gasteiger partial charge in [0.25, 0.3) is 17.3 Å². The molecule has 0 aliphatic rings. The fourth-order valence-electron chi connectivity index (χ4n) is 1.88. The van der Waals surface area contributed by atoms with Crippen molar-refractivity contribution in [2.45, 2.75) is 0 Å². The maximum atomic E-state index is 12.3. The summed E-state index contributed by atoms with van der Waals surface area (Å²) in [6, 6.07) is 7.36.